The van der Waals surface area contributed by atoms with Crippen molar-refractivity contribution in [3.63, 3.8) is 0 Å². The number of likely N-dealkylation sites (tertiary alicyclic amines) is 1. The van der Waals surface area contributed by atoms with Crippen LogP contribution < -0.4 is 5.32 Å². The van der Waals surface area contributed by atoms with Crippen molar-refractivity contribution < 1.29 is 5.11 Å². The van der Waals surface area contributed by atoms with Gasteiger partial charge >= 0.3 is 0 Å². The summed E-state index contributed by atoms with van der Waals surface area (Å²) in [4.78, 5) is 2.67. The van der Waals surface area contributed by atoms with Crippen molar-refractivity contribution in [3.05, 3.63) is 0 Å². The molecule has 3 heteroatoms. The van der Waals surface area contributed by atoms with Crippen LogP contribution in [0.1, 0.15) is 58.3 Å². The van der Waals surface area contributed by atoms with Gasteiger partial charge in [-0.3, -0.25) is 0 Å². The normalized spacial score (nSPS) is 36.1. The van der Waals surface area contributed by atoms with Gasteiger partial charge in [-0.15, -0.1) is 0 Å². The van der Waals surface area contributed by atoms with Crippen LogP contribution in [0.25, 0.3) is 0 Å². The molecule has 0 spiro atoms. The number of nitrogens with zero attached hydrogens (tertiary/aromatic N) is 1. The van der Waals surface area contributed by atoms with Crippen LogP contribution in [0.15, 0.2) is 0 Å². The van der Waals surface area contributed by atoms with Crippen LogP contribution in [0.2, 0.25) is 0 Å². The molecule has 1 saturated carbocycles. The molecule has 1 saturated heterocycles. The van der Waals surface area contributed by atoms with Crippen molar-refractivity contribution in [2.75, 3.05) is 33.3 Å². The molecule has 0 aromatic carbocycles. The van der Waals surface area contributed by atoms with Crippen LogP contribution in [-0.4, -0.2) is 48.8 Å². The maximum atomic E-state index is 9.76. The van der Waals surface area contributed by atoms with Gasteiger partial charge in [0.25, 0.3) is 0 Å². The van der Waals surface area contributed by atoms with Gasteiger partial charge in [-0.1, -0.05) is 19.8 Å². The summed E-state index contributed by atoms with van der Waals surface area (Å²) in [6, 6.07) is 0. The second kappa shape index (κ2) is 7.77. The summed E-state index contributed by atoms with van der Waals surface area (Å²) in [5.41, 5.74) is 0.0117. The maximum Gasteiger partial charge on any atom is 0.0615 e. The number of aliphatic hydroxyl groups excluding tert-OH is 1. The molecule has 3 unspecified atom stereocenters. The van der Waals surface area contributed by atoms with E-state index in [-0.39, 0.29) is 5.54 Å². The lowest BCUT2D eigenvalue weighted by Crippen LogP contribution is -2.50. The van der Waals surface area contributed by atoms with Crippen LogP contribution >= 0.6 is 0 Å². The van der Waals surface area contributed by atoms with E-state index in [0.29, 0.717) is 12.5 Å². The number of hydrogen-bond acceptors (Lipinski definition) is 3. The van der Waals surface area contributed by atoms with Crippen molar-refractivity contribution in [2.45, 2.75) is 63.8 Å². The summed E-state index contributed by atoms with van der Waals surface area (Å²) in [5.74, 6) is 1.61. The predicted octanol–water partition coefficient (Wildman–Crippen LogP) is 2.64. The minimum atomic E-state index is 0.0117. The fourth-order valence-corrected chi connectivity index (χ4v) is 4.38. The zero-order valence-electron chi connectivity index (χ0n) is 13.5. The lowest BCUT2D eigenvalue weighted by Gasteiger charge is -2.35. The Hall–Kier alpha value is -0.120. The van der Waals surface area contributed by atoms with E-state index in [1.165, 1.54) is 64.6 Å². The third-order valence-electron chi connectivity index (χ3n) is 6.05. The van der Waals surface area contributed by atoms with Gasteiger partial charge in [0.2, 0.25) is 0 Å². The molecule has 3 atom stereocenters. The smallest absolute Gasteiger partial charge is 0.0615 e. The number of rotatable bonds is 6. The first-order valence-corrected chi connectivity index (χ1v) is 8.76. The zero-order valence-corrected chi connectivity index (χ0v) is 13.5. The highest BCUT2D eigenvalue weighted by molar-refractivity contribution is 4.98. The third kappa shape index (κ3) is 3.75. The average molecular weight is 282 g/mol. The van der Waals surface area contributed by atoms with E-state index in [1.807, 2.05) is 7.05 Å². The van der Waals surface area contributed by atoms with Crippen molar-refractivity contribution in [2.24, 2.45) is 11.8 Å². The minimum absolute atomic E-state index is 0.0117. The second-order valence-electron chi connectivity index (χ2n) is 6.99. The van der Waals surface area contributed by atoms with Gasteiger partial charge in [0.05, 0.1) is 6.61 Å². The number of likely N-dealkylation sites (N-methyl/N-ethyl adjacent to an activating group) is 1. The molecule has 0 radical (unpaired) electrons. The zero-order chi connectivity index (χ0) is 14.4. The molecule has 1 aliphatic carbocycles. The number of nitrogens with one attached hydrogen (secondary N) is 1. The predicted molar refractivity (Wildman–Crippen MR) is 84.9 cm³/mol. The molecule has 1 aliphatic heterocycles. The van der Waals surface area contributed by atoms with E-state index in [4.69, 9.17) is 0 Å². The maximum absolute atomic E-state index is 9.76. The Morgan fingerprint density at radius 1 is 1.20 bits per heavy atom. The van der Waals surface area contributed by atoms with E-state index >= 15 is 0 Å². The molecule has 1 heterocycles. The van der Waals surface area contributed by atoms with Gasteiger partial charge in [-0.25, -0.2) is 0 Å². The quantitative estimate of drug-likeness (QED) is 0.786. The van der Waals surface area contributed by atoms with E-state index < -0.39 is 0 Å². The van der Waals surface area contributed by atoms with E-state index in [9.17, 15) is 5.11 Å². The fraction of sp³-hybridized carbons (Fsp3) is 1.00. The Bertz CT molecular complexity index is 278. The van der Waals surface area contributed by atoms with Crippen LogP contribution in [0.5, 0.6) is 0 Å². The Morgan fingerprint density at radius 2 is 2.05 bits per heavy atom. The van der Waals surface area contributed by atoms with Crippen molar-refractivity contribution in [3.8, 4) is 0 Å². The largest absolute Gasteiger partial charge is 0.394 e. The standard InChI is InChI=1S/C17H34N2O/c1-3-15-6-5-11-19(12-8-15)13-9-16-7-4-10-17(16,14-20)18-2/h15-16,18,20H,3-14H2,1-2H3. The summed E-state index contributed by atoms with van der Waals surface area (Å²) >= 11 is 0. The monoisotopic (exact) mass is 282 g/mol. The molecule has 118 valence electrons. The van der Waals surface area contributed by atoms with Crippen molar-refractivity contribution >= 4 is 0 Å². The van der Waals surface area contributed by atoms with Crippen LogP contribution in [0.3, 0.4) is 0 Å². The first kappa shape index (κ1) is 16.3. The summed E-state index contributed by atoms with van der Waals surface area (Å²) in [6.07, 6.45) is 10.5. The summed E-state index contributed by atoms with van der Waals surface area (Å²) in [6.45, 7) is 6.43. The molecule has 2 aliphatic rings. The second-order valence-corrected chi connectivity index (χ2v) is 6.99. The Labute approximate surface area is 125 Å². The molecule has 2 fully saturated rings. The van der Waals surface area contributed by atoms with Gasteiger partial charge in [0.15, 0.2) is 0 Å². The lowest BCUT2D eigenvalue weighted by molar-refractivity contribution is 0.118. The summed E-state index contributed by atoms with van der Waals surface area (Å²) in [7, 11) is 2.02. The van der Waals surface area contributed by atoms with E-state index in [0.717, 1.165) is 12.3 Å². The van der Waals surface area contributed by atoms with E-state index in [2.05, 4.69) is 17.1 Å². The molecule has 0 amide bonds. The van der Waals surface area contributed by atoms with Gasteiger partial charge in [0.1, 0.15) is 0 Å². The Kier molecular flexibility index (Phi) is 6.31. The first-order valence-electron chi connectivity index (χ1n) is 8.76. The molecule has 0 aromatic rings. The Balaban J connectivity index is 1.79. The molecule has 0 aromatic heterocycles. The average Bonchev–Trinajstić information content (AvgIpc) is 2.76. The van der Waals surface area contributed by atoms with E-state index in [1.54, 1.807) is 0 Å². The van der Waals surface area contributed by atoms with Crippen LogP contribution in [0.4, 0.5) is 0 Å². The van der Waals surface area contributed by atoms with Crippen LogP contribution in [0, 0.1) is 11.8 Å². The van der Waals surface area contributed by atoms with Crippen molar-refractivity contribution in [1.82, 2.24) is 10.2 Å². The first-order chi connectivity index (χ1) is 9.74. The van der Waals surface area contributed by atoms with Crippen molar-refractivity contribution in [1.29, 1.82) is 0 Å². The highest BCUT2D eigenvalue weighted by Crippen LogP contribution is 2.37. The molecule has 3 nitrogen and oxygen atoms in total. The summed E-state index contributed by atoms with van der Waals surface area (Å²) < 4.78 is 0. The highest BCUT2D eigenvalue weighted by atomic mass is 16.3. The van der Waals surface area contributed by atoms with Gasteiger partial charge < -0.3 is 15.3 Å². The lowest BCUT2D eigenvalue weighted by atomic mass is 9.85. The number of aliphatic hydroxyl groups is 1. The minimum Gasteiger partial charge on any atom is -0.394 e. The molecule has 20 heavy (non-hydrogen) atoms. The van der Waals surface area contributed by atoms with Crippen LogP contribution in [-0.2, 0) is 0 Å². The van der Waals surface area contributed by atoms with Gasteiger partial charge in [-0.2, -0.15) is 0 Å². The fourth-order valence-electron chi connectivity index (χ4n) is 4.38. The number of hydrogen-bond donors (Lipinski definition) is 2. The third-order valence-corrected chi connectivity index (χ3v) is 6.05. The molecule has 2 rings (SSSR count). The topological polar surface area (TPSA) is 35.5 Å². The molecule has 2 N–H and O–H groups in total. The highest BCUT2D eigenvalue weighted by Gasteiger charge is 2.40. The SMILES string of the molecule is CCC1CCCN(CCC2CCCC2(CO)NC)CC1. The molecular formula is C17H34N2O. The molecular weight excluding hydrogens is 248 g/mol. The van der Waals surface area contributed by atoms with Gasteiger partial charge in [-0.05, 0) is 77.0 Å². The Morgan fingerprint density at radius 3 is 2.75 bits per heavy atom. The summed E-state index contributed by atoms with van der Waals surface area (Å²) in [5, 5.41) is 13.2. The molecule has 0 bridgehead atoms. The van der Waals surface area contributed by atoms with Gasteiger partial charge in [0, 0.05) is 5.54 Å².